The highest BCUT2D eigenvalue weighted by Crippen LogP contribution is 2.50. The molecule has 2 heterocycles. The van der Waals surface area contributed by atoms with E-state index in [0.29, 0.717) is 11.9 Å². The highest BCUT2D eigenvalue weighted by molar-refractivity contribution is 5.78. The number of ether oxygens (including phenoxy) is 1. The lowest BCUT2D eigenvalue weighted by Crippen LogP contribution is -2.55. The molecular weight excluding hydrogens is 362 g/mol. The van der Waals surface area contributed by atoms with Crippen LogP contribution in [0, 0.1) is 11.8 Å². The summed E-state index contributed by atoms with van der Waals surface area (Å²) in [7, 11) is 4.44. The molecule has 1 aromatic carbocycles. The van der Waals surface area contributed by atoms with Gasteiger partial charge in [-0.05, 0) is 64.1 Å². The number of hydrogen-bond donors (Lipinski definition) is 0. The Morgan fingerprint density at radius 3 is 2.24 bits per heavy atom. The molecule has 5 heteroatoms. The molecule has 0 bridgehead atoms. The van der Waals surface area contributed by atoms with Crippen molar-refractivity contribution in [1.29, 1.82) is 0 Å². The van der Waals surface area contributed by atoms with Crippen LogP contribution in [0.3, 0.4) is 0 Å². The number of nitrogens with zero attached hydrogens (tertiary/aromatic N) is 3. The minimum Gasteiger partial charge on any atom is -0.381 e. The van der Waals surface area contributed by atoms with Crippen molar-refractivity contribution in [2.24, 2.45) is 11.8 Å². The Hall–Kier alpha value is -1.59. The minimum atomic E-state index is 0.0264. The molecule has 0 aromatic heterocycles. The molecule has 0 radical (unpaired) electrons. The van der Waals surface area contributed by atoms with Crippen LogP contribution in [0.1, 0.15) is 44.1 Å². The van der Waals surface area contributed by atoms with E-state index in [0.717, 1.165) is 64.4 Å². The number of hydrogen-bond acceptors (Lipinski definition) is 3. The van der Waals surface area contributed by atoms with Gasteiger partial charge in [0.15, 0.2) is 0 Å². The molecule has 29 heavy (non-hydrogen) atoms. The first-order valence-electron chi connectivity index (χ1n) is 11.4. The van der Waals surface area contributed by atoms with E-state index in [4.69, 9.17) is 4.74 Å². The number of benzene rings is 1. The van der Waals surface area contributed by atoms with E-state index in [1.807, 2.05) is 0 Å². The Morgan fingerprint density at radius 1 is 1.00 bits per heavy atom. The third kappa shape index (κ3) is 3.36. The summed E-state index contributed by atoms with van der Waals surface area (Å²) in [5, 5.41) is 0. The predicted octanol–water partition coefficient (Wildman–Crippen LogP) is 3.55. The van der Waals surface area contributed by atoms with Gasteiger partial charge in [-0.3, -0.25) is 4.90 Å². The zero-order chi connectivity index (χ0) is 20.1. The fourth-order valence-corrected chi connectivity index (χ4v) is 5.86. The van der Waals surface area contributed by atoms with Crippen molar-refractivity contribution in [3.8, 4) is 0 Å². The monoisotopic (exact) mass is 397 g/mol. The molecule has 2 amide bonds. The molecule has 1 spiro atoms. The first kappa shape index (κ1) is 19.4. The van der Waals surface area contributed by atoms with Gasteiger partial charge >= 0.3 is 6.03 Å². The summed E-state index contributed by atoms with van der Waals surface area (Å²) >= 11 is 0. The van der Waals surface area contributed by atoms with Crippen molar-refractivity contribution in [1.82, 2.24) is 14.7 Å². The summed E-state index contributed by atoms with van der Waals surface area (Å²) in [6.45, 7) is 4.39. The minimum absolute atomic E-state index is 0.0264. The van der Waals surface area contributed by atoms with Crippen LogP contribution in [-0.4, -0.2) is 73.2 Å². The van der Waals surface area contributed by atoms with Crippen LogP contribution in [-0.2, 0) is 10.3 Å². The van der Waals surface area contributed by atoms with Crippen molar-refractivity contribution in [2.75, 3.05) is 46.9 Å². The number of rotatable bonds is 6. The summed E-state index contributed by atoms with van der Waals surface area (Å²) < 4.78 is 5.36. The zero-order valence-electron chi connectivity index (χ0n) is 18.0. The second kappa shape index (κ2) is 7.28. The third-order valence-electron chi connectivity index (χ3n) is 8.06. The number of urea groups is 1. The molecule has 2 aliphatic heterocycles. The maximum atomic E-state index is 13.4. The average Bonchev–Trinajstić information content (AvgIpc) is 3.49. The van der Waals surface area contributed by atoms with Crippen LogP contribution >= 0.6 is 0 Å². The zero-order valence-corrected chi connectivity index (χ0v) is 18.0. The van der Waals surface area contributed by atoms with Crippen molar-refractivity contribution < 1.29 is 9.53 Å². The van der Waals surface area contributed by atoms with Crippen LogP contribution < -0.4 is 0 Å². The maximum absolute atomic E-state index is 13.4. The molecule has 0 unspecified atom stereocenters. The van der Waals surface area contributed by atoms with Gasteiger partial charge in [0, 0.05) is 31.1 Å². The molecule has 2 saturated heterocycles. The Morgan fingerprint density at radius 2 is 1.69 bits per heavy atom. The molecule has 5 rings (SSSR count). The molecule has 2 saturated carbocycles. The smallest absolute Gasteiger partial charge is 0.320 e. The fraction of sp³-hybridized carbons (Fsp3) is 0.708. The first-order valence-corrected chi connectivity index (χ1v) is 11.4. The fourth-order valence-electron chi connectivity index (χ4n) is 5.86. The maximum Gasteiger partial charge on any atom is 0.320 e. The Labute approximate surface area is 175 Å². The first-order chi connectivity index (χ1) is 14.0. The van der Waals surface area contributed by atoms with Crippen molar-refractivity contribution in [3.05, 3.63) is 35.9 Å². The van der Waals surface area contributed by atoms with Gasteiger partial charge in [0.05, 0.1) is 18.8 Å². The van der Waals surface area contributed by atoms with E-state index in [1.54, 1.807) is 0 Å². The van der Waals surface area contributed by atoms with E-state index < -0.39 is 0 Å². The van der Waals surface area contributed by atoms with Crippen LogP contribution in [0.5, 0.6) is 0 Å². The average molecular weight is 398 g/mol. The van der Waals surface area contributed by atoms with Crippen LogP contribution in [0.25, 0.3) is 0 Å². The molecule has 4 fully saturated rings. The lowest BCUT2D eigenvalue weighted by atomic mass is 9.68. The lowest BCUT2D eigenvalue weighted by molar-refractivity contribution is -0.0414. The van der Waals surface area contributed by atoms with Gasteiger partial charge in [0.1, 0.15) is 0 Å². The summed E-state index contributed by atoms with van der Waals surface area (Å²) in [5.41, 5.74) is 1.52. The van der Waals surface area contributed by atoms with E-state index in [-0.39, 0.29) is 11.1 Å². The van der Waals surface area contributed by atoms with Crippen molar-refractivity contribution in [3.63, 3.8) is 0 Å². The van der Waals surface area contributed by atoms with Gasteiger partial charge in [-0.2, -0.15) is 0 Å². The Kier molecular flexibility index (Phi) is 4.86. The van der Waals surface area contributed by atoms with Gasteiger partial charge in [0.25, 0.3) is 0 Å². The molecule has 0 N–H and O–H groups in total. The van der Waals surface area contributed by atoms with E-state index in [9.17, 15) is 4.79 Å². The largest absolute Gasteiger partial charge is 0.381 e. The summed E-state index contributed by atoms with van der Waals surface area (Å²) in [5.74, 6) is 1.27. The third-order valence-corrected chi connectivity index (χ3v) is 8.06. The van der Waals surface area contributed by atoms with Crippen LogP contribution in [0.2, 0.25) is 0 Å². The van der Waals surface area contributed by atoms with Crippen molar-refractivity contribution >= 4 is 6.03 Å². The highest BCUT2D eigenvalue weighted by Gasteiger charge is 2.55. The van der Waals surface area contributed by atoms with Gasteiger partial charge in [-0.15, -0.1) is 0 Å². The molecule has 1 aromatic rings. The van der Waals surface area contributed by atoms with Gasteiger partial charge in [-0.25, -0.2) is 4.79 Å². The van der Waals surface area contributed by atoms with Crippen LogP contribution in [0.4, 0.5) is 4.79 Å². The molecule has 0 atom stereocenters. The number of carbonyl (C=O) groups is 1. The summed E-state index contributed by atoms with van der Waals surface area (Å²) in [6.07, 6.45) is 6.99. The molecular formula is C24H35N3O2. The normalized spacial score (nSPS) is 33.0. The van der Waals surface area contributed by atoms with E-state index in [1.165, 1.54) is 18.4 Å². The van der Waals surface area contributed by atoms with Crippen molar-refractivity contribution in [2.45, 2.75) is 49.6 Å². The van der Waals surface area contributed by atoms with E-state index >= 15 is 0 Å². The topological polar surface area (TPSA) is 36.0 Å². The summed E-state index contributed by atoms with van der Waals surface area (Å²) in [4.78, 5) is 20.3. The highest BCUT2D eigenvalue weighted by atomic mass is 16.5. The molecule has 4 aliphatic rings. The van der Waals surface area contributed by atoms with Gasteiger partial charge < -0.3 is 14.5 Å². The van der Waals surface area contributed by atoms with Crippen LogP contribution in [0.15, 0.2) is 30.3 Å². The summed E-state index contributed by atoms with van der Waals surface area (Å²) in [6, 6.07) is 11.3. The van der Waals surface area contributed by atoms with Gasteiger partial charge in [-0.1, -0.05) is 30.3 Å². The SMILES string of the molecule is CN(C)[C@]1(c2ccccc2)CC[C@]2(CC1)CN(CC1COC1)C(=O)N2CC1CC1. The number of amides is 2. The predicted molar refractivity (Wildman–Crippen MR) is 114 cm³/mol. The quantitative estimate of drug-likeness (QED) is 0.737. The second-order valence-corrected chi connectivity index (χ2v) is 10.1. The van der Waals surface area contributed by atoms with Gasteiger partial charge in [0.2, 0.25) is 0 Å². The van der Waals surface area contributed by atoms with E-state index in [2.05, 4.69) is 59.1 Å². The standard InChI is InChI=1S/C24H35N3O2/c1-25(2)24(21-6-4-3-5-7-21)12-10-23(11-13-24)18-26(14-20-16-29-17-20)22(28)27(23)15-19-8-9-19/h3-7,19-20H,8-18H2,1-2H3/t23-,24+. The number of carbonyl (C=O) groups excluding carboxylic acids is 1. The molecule has 158 valence electrons. The lowest BCUT2D eigenvalue weighted by Gasteiger charge is -2.51. The Balaban J connectivity index is 1.38. The second-order valence-electron chi connectivity index (χ2n) is 10.1. The molecule has 2 aliphatic carbocycles. The molecule has 5 nitrogen and oxygen atoms in total. The Bertz CT molecular complexity index is 734.